The van der Waals surface area contributed by atoms with Crippen molar-refractivity contribution in [1.82, 2.24) is 9.55 Å². The van der Waals surface area contributed by atoms with E-state index in [9.17, 15) is 9.18 Å². The largest absolute Gasteiger partial charge is 0.331 e. The minimum Gasteiger partial charge on any atom is -0.305 e. The summed E-state index contributed by atoms with van der Waals surface area (Å²) in [5, 5.41) is 0. The molecule has 1 heterocycles. The smallest absolute Gasteiger partial charge is 0.305 e. The molecular weight excluding hydrogens is 299 g/mol. The van der Waals surface area contributed by atoms with Crippen molar-refractivity contribution < 1.29 is 4.39 Å². The number of nitrogens with zero attached hydrogens (tertiary/aromatic N) is 1. The highest BCUT2D eigenvalue weighted by Crippen LogP contribution is 2.19. The molecule has 3 aromatic rings. The third kappa shape index (κ3) is 1.67. The maximum atomic E-state index is 13.8. The molecule has 0 saturated carbocycles. The molecule has 3 rings (SSSR count). The lowest BCUT2D eigenvalue weighted by atomic mass is 10.2. The maximum absolute atomic E-state index is 13.8. The van der Waals surface area contributed by atoms with Gasteiger partial charge in [-0.1, -0.05) is 22.0 Å². The number of imidazole rings is 1. The fraction of sp³-hybridized carbons (Fsp3) is 0. The molecule has 0 aliphatic heterocycles. The van der Waals surface area contributed by atoms with Crippen LogP contribution in [-0.4, -0.2) is 9.55 Å². The van der Waals surface area contributed by atoms with Crippen molar-refractivity contribution in [3.8, 4) is 5.69 Å². The summed E-state index contributed by atoms with van der Waals surface area (Å²) in [6.45, 7) is 0. The zero-order valence-corrected chi connectivity index (χ0v) is 10.7. The van der Waals surface area contributed by atoms with Gasteiger partial charge in [0, 0.05) is 4.47 Å². The Kier molecular flexibility index (Phi) is 2.56. The van der Waals surface area contributed by atoms with Crippen LogP contribution in [0.4, 0.5) is 4.39 Å². The number of hydrogen-bond acceptors (Lipinski definition) is 1. The Morgan fingerprint density at radius 1 is 1.11 bits per heavy atom. The lowest BCUT2D eigenvalue weighted by Crippen LogP contribution is -2.14. The fourth-order valence-electron chi connectivity index (χ4n) is 1.95. The van der Waals surface area contributed by atoms with Gasteiger partial charge in [0.2, 0.25) is 0 Å². The lowest BCUT2D eigenvalue weighted by Gasteiger charge is -2.03. The van der Waals surface area contributed by atoms with Gasteiger partial charge in [0.1, 0.15) is 11.3 Å². The van der Waals surface area contributed by atoms with E-state index in [1.807, 2.05) is 0 Å². The molecule has 0 spiro atoms. The van der Waals surface area contributed by atoms with Crippen molar-refractivity contribution in [1.29, 1.82) is 0 Å². The number of rotatable bonds is 1. The summed E-state index contributed by atoms with van der Waals surface area (Å²) < 4.78 is 16.1. The summed E-state index contributed by atoms with van der Waals surface area (Å²) in [5.41, 5.74) is 1.03. The van der Waals surface area contributed by atoms with Crippen LogP contribution in [0.15, 0.2) is 51.7 Å². The summed E-state index contributed by atoms with van der Waals surface area (Å²) in [5.74, 6) is -0.422. The first-order valence-corrected chi connectivity index (χ1v) is 6.11. The zero-order valence-electron chi connectivity index (χ0n) is 9.15. The van der Waals surface area contributed by atoms with Gasteiger partial charge in [-0.05, 0) is 36.4 Å². The highest BCUT2D eigenvalue weighted by atomic mass is 79.9. The number of benzene rings is 2. The molecule has 0 saturated heterocycles. The SMILES string of the molecule is O=c1[nH]c2cccc(F)c2n1-c1ccc(Br)cc1. The van der Waals surface area contributed by atoms with Crippen molar-refractivity contribution in [2.24, 2.45) is 0 Å². The number of halogens is 2. The van der Waals surface area contributed by atoms with Crippen molar-refractivity contribution in [2.75, 3.05) is 0 Å². The molecule has 0 amide bonds. The van der Waals surface area contributed by atoms with E-state index in [1.54, 1.807) is 36.4 Å². The average Bonchev–Trinajstić information content (AvgIpc) is 2.68. The summed E-state index contributed by atoms with van der Waals surface area (Å²) in [6, 6.07) is 11.7. The van der Waals surface area contributed by atoms with Crippen molar-refractivity contribution in [2.45, 2.75) is 0 Å². The van der Waals surface area contributed by atoms with Crippen LogP contribution in [-0.2, 0) is 0 Å². The zero-order chi connectivity index (χ0) is 12.7. The molecule has 90 valence electrons. The molecule has 0 aliphatic rings. The Bertz CT molecular complexity index is 774. The Morgan fingerprint density at radius 2 is 1.83 bits per heavy atom. The van der Waals surface area contributed by atoms with Gasteiger partial charge in [0.25, 0.3) is 0 Å². The van der Waals surface area contributed by atoms with E-state index in [4.69, 9.17) is 0 Å². The Balaban J connectivity index is 2.38. The number of aromatic nitrogens is 2. The molecule has 0 fully saturated rings. The van der Waals surface area contributed by atoms with Crippen LogP contribution in [0, 0.1) is 5.82 Å². The molecule has 2 aromatic carbocycles. The average molecular weight is 307 g/mol. The molecule has 0 bridgehead atoms. The van der Waals surface area contributed by atoms with E-state index < -0.39 is 5.82 Å². The van der Waals surface area contributed by atoms with E-state index in [2.05, 4.69) is 20.9 Å². The summed E-state index contributed by atoms with van der Waals surface area (Å²) in [7, 11) is 0. The summed E-state index contributed by atoms with van der Waals surface area (Å²) in [6.07, 6.45) is 0. The van der Waals surface area contributed by atoms with Crippen molar-refractivity contribution >= 4 is 27.0 Å². The first kappa shape index (κ1) is 11.2. The van der Waals surface area contributed by atoms with E-state index >= 15 is 0 Å². The quantitative estimate of drug-likeness (QED) is 0.736. The molecule has 18 heavy (non-hydrogen) atoms. The van der Waals surface area contributed by atoms with Gasteiger partial charge < -0.3 is 4.98 Å². The standard InChI is InChI=1S/C13H8BrFN2O/c14-8-4-6-9(7-5-8)17-12-10(15)2-1-3-11(12)16-13(17)18/h1-7H,(H,16,18). The molecule has 0 atom stereocenters. The first-order chi connectivity index (χ1) is 8.66. The predicted octanol–water partition coefficient (Wildman–Crippen LogP) is 3.22. The third-order valence-electron chi connectivity index (χ3n) is 2.74. The molecule has 1 aromatic heterocycles. The second-order valence-electron chi connectivity index (χ2n) is 3.88. The Hall–Kier alpha value is -1.88. The van der Waals surface area contributed by atoms with Crippen molar-refractivity contribution in [3.63, 3.8) is 0 Å². The van der Waals surface area contributed by atoms with Gasteiger partial charge in [-0.2, -0.15) is 0 Å². The number of hydrogen-bond donors (Lipinski definition) is 1. The van der Waals surface area contributed by atoms with Crippen LogP contribution in [0.1, 0.15) is 0 Å². The van der Waals surface area contributed by atoms with Crippen LogP contribution >= 0.6 is 15.9 Å². The minimum atomic E-state index is -0.422. The first-order valence-electron chi connectivity index (χ1n) is 5.32. The monoisotopic (exact) mass is 306 g/mol. The minimum absolute atomic E-state index is 0.268. The topological polar surface area (TPSA) is 37.8 Å². The normalized spacial score (nSPS) is 11.0. The van der Waals surface area contributed by atoms with Crippen LogP contribution in [0.3, 0.4) is 0 Å². The van der Waals surface area contributed by atoms with Gasteiger partial charge in [-0.3, -0.25) is 4.57 Å². The fourth-order valence-corrected chi connectivity index (χ4v) is 2.22. The lowest BCUT2D eigenvalue weighted by molar-refractivity contribution is 0.634. The number of aromatic amines is 1. The highest BCUT2D eigenvalue weighted by Gasteiger charge is 2.12. The molecule has 0 unspecified atom stereocenters. The van der Waals surface area contributed by atoms with E-state index in [0.717, 1.165) is 4.47 Å². The second-order valence-corrected chi connectivity index (χ2v) is 4.79. The molecule has 3 nitrogen and oxygen atoms in total. The van der Waals surface area contributed by atoms with E-state index in [0.29, 0.717) is 11.2 Å². The molecule has 0 aliphatic carbocycles. The number of para-hydroxylation sites is 1. The molecule has 1 N–H and O–H groups in total. The highest BCUT2D eigenvalue weighted by molar-refractivity contribution is 9.10. The molecule has 5 heteroatoms. The number of nitrogens with one attached hydrogen (secondary N) is 1. The van der Waals surface area contributed by atoms with Gasteiger partial charge >= 0.3 is 5.69 Å². The van der Waals surface area contributed by atoms with Crippen LogP contribution in [0.2, 0.25) is 0 Å². The number of H-pyrrole nitrogens is 1. The Morgan fingerprint density at radius 3 is 2.56 bits per heavy atom. The molecule has 0 radical (unpaired) electrons. The second kappa shape index (κ2) is 4.10. The number of fused-ring (bicyclic) bond motifs is 1. The maximum Gasteiger partial charge on any atom is 0.331 e. The van der Waals surface area contributed by atoms with Crippen LogP contribution in [0.25, 0.3) is 16.7 Å². The van der Waals surface area contributed by atoms with Crippen LogP contribution in [0.5, 0.6) is 0 Å². The van der Waals surface area contributed by atoms with Gasteiger partial charge in [0.05, 0.1) is 11.2 Å². The molecular formula is C13H8BrFN2O. The third-order valence-corrected chi connectivity index (χ3v) is 3.27. The van der Waals surface area contributed by atoms with Crippen LogP contribution < -0.4 is 5.69 Å². The Labute approximate surface area is 110 Å². The van der Waals surface area contributed by atoms with Gasteiger partial charge in [-0.15, -0.1) is 0 Å². The van der Waals surface area contributed by atoms with Crippen molar-refractivity contribution in [3.05, 3.63) is 63.2 Å². The van der Waals surface area contributed by atoms with Gasteiger partial charge in [-0.25, -0.2) is 9.18 Å². The summed E-state index contributed by atoms with van der Waals surface area (Å²) >= 11 is 3.32. The van der Waals surface area contributed by atoms with Gasteiger partial charge in [0.15, 0.2) is 0 Å². The summed E-state index contributed by atoms with van der Waals surface area (Å²) in [4.78, 5) is 14.5. The van der Waals surface area contributed by atoms with E-state index in [1.165, 1.54) is 10.6 Å². The van der Waals surface area contributed by atoms with E-state index in [-0.39, 0.29) is 11.2 Å². The predicted molar refractivity (Wildman–Crippen MR) is 71.6 cm³/mol.